The van der Waals surface area contributed by atoms with Crippen molar-refractivity contribution in [2.45, 2.75) is 20.8 Å². The van der Waals surface area contributed by atoms with Crippen LogP contribution in [0.5, 0.6) is 0 Å². The van der Waals surface area contributed by atoms with Crippen LogP contribution in [0.3, 0.4) is 0 Å². The first-order chi connectivity index (χ1) is 5.26. The van der Waals surface area contributed by atoms with Crippen molar-refractivity contribution in [3.05, 3.63) is 0 Å². The van der Waals surface area contributed by atoms with Crippen molar-refractivity contribution in [2.24, 2.45) is 0 Å². The van der Waals surface area contributed by atoms with E-state index in [1.54, 1.807) is 4.90 Å². The average Bonchev–Trinajstić information content (AvgIpc) is 2.69. The Bertz CT molecular complexity index is 113. The van der Waals surface area contributed by atoms with E-state index in [0.29, 0.717) is 6.54 Å². The minimum atomic E-state index is 0.289. The van der Waals surface area contributed by atoms with E-state index in [0.717, 1.165) is 19.8 Å². The molecule has 1 aliphatic rings. The molecule has 3 heteroatoms. The highest BCUT2D eigenvalue weighted by Crippen LogP contribution is 2.02. The van der Waals surface area contributed by atoms with Crippen LogP contribution in [0, 0.1) is 0 Å². The number of rotatable bonds is 3. The predicted octanol–water partition coefficient (Wildman–Crippen LogP) is 0.891. The first kappa shape index (κ1) is 10.4. The Hall–Kier alpha value is -0.570. The Balaban J connectivity index is 0.000000187. The fourth-order valence-electron chi connectivity index (χ4n) is 0.620. The van der Waals surface area contributed by atoms with Gasteiger partial charge in [0.05, 0.1) is 6.54 Å². The van der Waals surface area contributed by atoms with Crippen LogP contribution < -0.4 is 0 Å². The monoisotopic (exact) mass is 159 g/mol. The van der Waals surface area contributed by atoms with E-state index in [-0.39, 0.29) is 5.91 Å². The van der Waals surface area contributed by atoms with E-state index in [4.69, 9.17) is 4.74 Å². The van der Waals surface area contributed by atoms with Gasteiger partial charge in [0.1, 0.15) is 0 Å². The van der Waals surface area contributed by atoms with Crippen LogP contribution in [0.2, 0.25) is 0 Å². The molecule has 1 aliphatic heterocycles. The van der Waals surface area contributed by atoms with Crippen molar-refractivity contribution in [3.8, 4) is 0 Å². The lowest BCUT2D eigenvalue weighted by Gasteiger charge is -1.86. The maximum absolute atomic E-state index is 10.0. The van der Waals surface area contributed by atoms with Crippen molar-refractivity contribution >= 4 is 5.91 Å². The first-order valence-corrected chi connectivity index (χ1v) is 4.11. The normalized spacial score (nSPS) is 14.1. The third-order valence-corrected chi connectivity index (χ3v) is 1.37. The fraction of sp³-hybridized carbons (Fsp3) is 0.875. The van der Waals surface area contributed by atoms with Crippen LogP contribution >= 0.6 is 0 Å². The molecule has 0 N–H and O–H groups in total. The van der Waals surface area contributed by atoms with Crippen molar-refractivity contribution in [2.75, 3.05) is 26.3 Å². The molecule has 0 aromatic carbocycles. The Labute approximate surface area is 68.3 Å². The highest BCUT2D eigenvalue weighted by molar-refractivity contribution is 5.92. The third kappa shape index (κ3) is 5.85. The lowest BCUT2D eigenvalue weighted by Crippen LogP contribution is -1.93. The molecule has 0 bridgehead atoms. The zero-order valence-corrected chi connectivity index (χ0v) is 7.59. The molecule has 0 spiro atoms. The molecule has 66 valence electrons. The molecular formula is C8H17NO2. The van der Waals surface area contributed by atoms with E-state index in [9.17, 15) is 4.79 Å². The van der Waals surface area contributed by atoms with Crippen molar-refractivity contribution in [3.63, 3.8) is 0 Å². The maximum Gasteiger partial charge on any atom is 0.242 e. The second-order valence-electron chi connectivity index (χ2n) is 2.19. The van der Waals surface area contributed by atoms with Gasteiger partial charge in [0.15, 0.2) is 0 Å². The van der Waals surface area contributed by atoms with Crippen molar-refractivity contribution in [1.82, 2.24) is 4.90 Å². The summed E-state index contributed by atoms with van der Waals surface area (Å²) in [6.45, 7) is 9.22. The molecule has 3 nitrogen and oxygen atoms in total. The largest absolute Gasteiger partial charge is 0.382 e. The Kier molecular flexibility index (Phi) is 5.84. The third-order valence-electron chi connectivity index (χ3n) is 1.37. The summed E-state index contributed by atoms with van der Waals surface area (Å²) in [5.74, 6) is 0.289. The summed E-state index contributed by atoms with van der Waals surface area (Å²) in [6, 6.07) is 0. The molecule has 0 unspecified atom stereocenters. The van der Waals surface area contributed by atoms with Gasteiger partial charge in [-0.3, -0.25) is 4.79 Å². The summed E-state index contributed by atoms with van der Waals surface area (Å²) < 4.78 is 4.83. The molecule has 0 aliphatic carbocycles. The number of likely N-dealkylation sites (N-methyl/N-ethyl adjacent to an activating group) is 1. The number of hydrogen-bond donors (Lipinski definition) is 0. The second-order valence-corrected chi connectivity index (χ2v) is 2.19. The summed E-state index contributed by atoms with van der Waals surface area (Å²) in [7, 11) is 0. The van der Waals surface area contributed by atoms with Crippen molar-refractivity contribution < 1.29 is 9.53 Å². The smallest absolute Gasteiger partial charge is 0.242 e. The minimum absolute atomic E-state index is 0.289. The molecule has 1 heterocycles. The summed E-state index contributed by atoms with van der Waals surface area (Å²) >= 11 is 0. The van der Waals surface area contributed by atoms with Crippen LogP contribution in [0.15, 0.2) is 0 Å². The minimum Gasteiger partial charge on any atom is -0.382 e. The topological polar surface area (TPSA) is 29.3 Å². The number of nitrogens with zero attached hydrogens (tertiary/aromatic N) is 1. The lowest BCUT2D eigenvalue weighted by molar-refractivity contribution is -0.113. The summed E-state index contributed by atoms with van der Waals surface area (Å²) in [6.07, 6.45) is 0. The summed E-state index contributed by atoms with van der Waals surface area (Å²) in [4.78, 5) is 11.8. The van der Waals surface area contributed by atoms with Gasteiger partial charge >= 0.3 is 0 Å². The predicted molar refractivity (Wildman–Crippen MR) is 44.4 cm³/mol. The van der Waals surface area contributed by atoms with E-state index >= 15 is 0 Å². The first-order valence-electron chi connectivity index (χ1n) is 4.11. The molecule has 1 rings (SSSR count). The molecule has 11 heavy (non-hydrogen) atoms. The number of ether oxygens (including phenoxy) is 1. The van der Waals surface area contributed by atoms with Gasteiger partial charge in [-0.2, -0.15) is 0 Å². The average molecular weight is 159 g/mol. The van der Waals surface area contributed by atoms with E-state index in [1.165, 1.54) is 0 Å². The van der Waals surface area contributed by atoms with Crippen LogP contribution in [-0.2, 0) is 9.53 Å². The molecule has 0 aromatic heterocycles. The maximum atomic E-state index is 10.0. The molecule has 1 saturated heterocycles. The summed E-state index contributed by atoms with van der Waals surface area (Å²) in [5, 5.41) is 0. The molecule has 1 fully saturated rings. The Morgan fingerprint density at radius 2 is 1.82 bits per heavy atom. The van der Waals surface area contributed by atoms with Crippen LogP contribution in [0.4, 0.5) is 0 Å². The highest BCUT2D eigenvalue weighted by atomic mass is 16.5. The van der Waals surface area contributed by atoms with E-state index in [2.05, 4.69) is 0 Å². The van der Waals surface area contributed by atoms with Gasteiger partial charge in [0, 0.05) is 19.8 Å². The van der Waals surface area contributed by atoms with Crippen molar-refractivity contribution in [1.29, 1.82) is 0 Å². The van der Waals surface area contributed by atoms with Gasteiger partial charge in [0.2, 0.25) is 5.91 Å². The number of carbonyl (C=O) groups is 1. The molecule has 0 saturated carbocycles. The van der Waals surface area contributed by atoms with Gasteiger partial charge in [0.25, 0.3) is 0 Å². The Morgan fingerprint density at radius 3 is 1.82 bits per heavy atom. The van der Waals surface area contributed by atoms with Gasteiger partial charge in [-0.15, -0.1) is 0 Å². The zero-order valence-electron chi connectivity index (χ0n) is 7.59. The van der Waals surface area contributed by atoms with Crippen LogP contribution in [-0.4, -0.2) is 37.1 Å². The van der Waals surface area contributed by atoms with Gasteiger partial charge in [-0.25, -0.2) is 0 Å². The van der Waals surface area contributed by atoms with E-state index < -0.39 is 0 Å². The molecular weight excluding hydrogens is 142 g/mol. The molecule has 0 radical (unpaired) electrons. The number of carbonyl (C=O) groups excluding carboxylic acids is 1. The number of hydrogen-bond acceptors (Lipinski definition) is 2. The fourth-order valence-corrected chi connectivity index (χ4v) is 0.620. The molecule has 0 atom stereocenters. The highest BCUT2D eigenvalue weighted by Gasteiger charge is 2.26. The zero-order chi connectivity index (χ0) is 8.69. The Morgan fingerprint density at radius 1 is 1.36 bits per heavy atom. The SMILES string of the molecule is CCN1CC1=O.CCOCC. The molecule has 0 aromatic rings. The van der Waals surface area contributed by atoms with E-state index in [1.807, 2.05) is 20.8 Å². The van der Waals surface area contributed by atoms with Gasteiger partial charge < -0.3 is 9.64 Å². The lowest BCUT2D eigenvalue weighted by atomic mass is 10.8. The standard InChI is InChI=1S/C4H7NO.C4H10O/c1-2-5-3-4(5)6;1-3-5-4-2/h2-3H2,1H3;3-4H2,1-2H3. The molecule has 1 amide bonds. The van der Waals surface area contributed by atoms with Gasteiger partial charge in [-0.1, -0.05) is 0 Å². The van der Waals surface area contributed by atoms with Crippen LogP contribution in [0.25, 0.3) is 0 Å². The summed E-state index contributed by atoms with van der Waals surface area (Å²) in [5.41, 5.74) is 0. The quantitative estimate of drug-likeness (QED) is 0.572. The van der Waals surface area contributed by atoms with Gasteiger partial charge in [-0.05, 0) is 20.8 Å². The van der Waals surface area contributed by atoms with Crippen LogP contribution in [0.1, 0.15) is 20.8 Å². The number of amides is 1. The second kappa shape index (κ2) is 6.16.